The van der Waals surface area contributed by atoms with Crippen LogP contribution in [-0.4, -0.2) is 13.1 Å². The number of carbonyl (C=O) groups excluding carboxylic acids is 1. The topological polar surface area (TPSA) is 61.5 Å². The zero-order chi connectivity index (χ0) is 15.4. The molecule has 2 rings (SSSR count). The Labute approximate surface area is 139 Å². The summed E-state index contributed by atoms with van der Waals surface area (Å²) >= 11 is 6.67. The van der Waals surface area contributed by atoms with Crippen LogP contribution in [0.3, 0.4) is 0 Å². The van der Waals surface area contributed by atoms with Crippen molar-refractivity contribution in [1.82, 2.24) is 0 Å². The minimum absolute atomic E-state index is 0.178. The van der Waals surface area contributed by atoms with Crippen LogP contribution < -0.4 is 10.5 Å². The number of nitrogens with two attached hydrogens (primary N) is 1. The number of nitrogen functional groups attached to an aromatic ring is 1. The van der Waals surface area contributed by atoms with Gasteiger partial charge in [-0.15, -0.1) is 0 Å². The SMILES string of the molecule is COc1ccc(COC(=O)c2ccc(Br)c(N)c2)cc1Br. The molecule has 2 aromatic carbocycles. The van der Waals surface area contributed by atoms with Crippen LogP contribution in [0.2, 0.25) is 0 Å². The molecular formula is C15H13Br2NO3. The average molecular weight is 415 g/mol. The van der Waals surface area contributed by atoms with Gasteiger partial charge in [0.25, 0.3) is 0 Å². The maximum Gasteiger partial charge on any atom is 0.338 e. The molecule has 0 saturated heterocycles. The van der Waals surface area contributed by atoms with Crippen LogP contribution in [0.25, 0.3) is 0 Å². The van der Waals surface area contributed by atoms with E-state index in [2.05, 4.69) is 31.9 Å². The molecule has 0 heterocycles. The second kappa shape index (κ2) is 6.95. The van der Waals surface area contributed by atoms with E-state index in [1.807, 2.05) is 18.2 Å². The number of hydrogen-bond acceptors (Lipinski definition) is 4. The van der Waals surface area contributed by atoms with Crippen LogP contribution in [0.5, 0.6) is 5.75 Å². The van der Waals surface area contributed by atoms with Gasteiger partial charge in [-0.1, -0.05) is 6.07 Å². The van der Waals surface area contributed by atoms with Crippen molar-refractivity contribution in [1.29, 1.82) is 0 Å². The Kier molecular flexibility index (Phi) is 5.25. The van der Waals surface area contributed by atoms with Gasteiger partial charge in [0.05, 0.1) is 17.1 Å². The molecule has 0 saturated carbocycles. The number of benzene rings is 2. The minimum atomic E-state index is -0.416. The molecular weight excluding hydrogens is 402 g/mol. The number of ether oxygens (including phenoxy) is 2. The molecule has 0 aliphatic carbocycles. The van der Waals surface area contributed by atoms with E-state index in [9.17, 15) is 4.79 Å². The van der Waals surface area contributed by atoms with Crippen molar-refractivity contribution in [2.24, 2.45) is 0 Å². The molecule has 110 valence electrons. The molecule has 0 fully saturated rings. The molecule has 0 aromatic heterocycles. The fourth-order valence-electron chi connectivity index (χ4n) is 1.70. The average Bonchev–Trinajstić information content (AvgIpc) is 2.47. The van der Waals surface area contributed by atoms with Crippen molar-refractivity contribution in [3.8, 4) is 5.75 Å². The van der Waals surface area contributed by atoms with E-state index >= 15 is 0 Å². The number of methoxy groups -OCH3 is 1. The summed E-state index contributed by atoms with van der Waals surface area (Å²) in [5.74, 6) is 0.312. The van der Waals surface area contributed by atoms with Gasteiger partial charge < -0.3 is 15.2 Å². The Morgan fingerprint density at radius 1 is 1.14 bits per heavy atom. The van der Waals surface area contributed by atoms with E-state index in [0.29, 0.717) is 11.3 Å². The maximum atomic E-state index is 12.0. The summed E-state index contributed by atoms with van der Waals surface area (Å²) in [6.07, 6.45) is 0. The van der Waals surface area contributed by atoms with Gasteiger partial charge in [0.15, 0.2) is 0 Å². The summed E-state index contributed by atoms with van der Waals surface area (Å²) in [5, 5.41) is 0. The highest BCUT2D eigenvalue weighted by atomic mass is 79.9. The quantitative estimate of drug-likeness (QED) is 0.602. The maximum absolute atomic E-state index is 12.0. The van der Waals surface area contributed by atoms with Crippen molar-refractivity contribution < 1.29 is 14.3 Å². The van der Waals surface area contributed by atoms with E-state index in [-0.39, 0.29) is 6.61 Å². The first-order valence-corrected chi connectivity index (χ1v) is 7.64. The van der Waals surface area contributed by atoms with Crippen molar-refractivity contribution >= 4 is 43.5 Å². The van der Waals surface area contributed by atoms with Gasteiger partial charge in [0, 0.05) is 10.2 Å². The summed E-state index contributed by atoms with van der Waals surface area (Å²) in [7, 11) is 1.59. The number of hydrogen-bond donors (Lipinski definition) is 1. The van der Waals surface area contributed by atoms with E-state index in [1.54, 1.807) is 25.3 Å². The van der Waals surface area contributed by atoms with Crippen LogP contribution in [0, 0.1) is 0 Å². The molecule has 6 heteroatoms. The van der Waals surface area contributed by atoms with Gasteiger partial charge in [-0.3, -0.25) is 0 Å². The minimum Gasteiger partial charge on any atom is -0.496 e. The second-order valence-electron chi connectivity index (χ2n) is 4.28. The van der Waals surface area contributed by atoms with Gasteiger partial charge in [-0.2, -0.15) is 0 Å². The first kappa shape index (κ1) is 15.9. The van der Waals surface area contributed by atoms with Crippen molar-refractivity contribution in [2.75, 3.05) is 12.8 Å². The number of anilines is 1. The number of rotatable bonds is 4. The fourth-order valence-corrected chi connectivity index (χ4v) is 2.54. The van der Waals surface area contributed by atoms with E-state index in [4.69, 9.17) is 15.2 Å². The van der Waals surface area contributed by atoms with Gasteiger partial charge in [0.1, 0.15) is 12.4 Å². The molecule has 2 aromatic rings. The normalized spacial score (nSPS) is 10.2. The molecule has 4 nitrogen and oxygen atoms in total. The molecule has 0 aliphatic rings. The third-order valence-electron chi connectivity index (χ3n) is 2.82. The summed E-state index contributed by atoms with van der Waals surface area (Å²) in [6, 6.07) is 10.5. The zero-order valence-electron chi connectivity index (χ0n) is 11.2. The van der Waals surface area contributed by atoms with Crippen molar-refractivity contribution in [2.45, 2.75) is 6.61 Å². The number of esters is 1. The van der Waals surface area contributed by atoms with E-state index in [0.717, 1.165) is 20.3 Å². The summed E-state index contributed by atoms with van der Waals surface area (Å²) in [5.41, 5.74) is 7.52. The molecule has 0 amide bonds. The monoisotopic (exact) mass is 413 g/mol. The van der Waals surface area contributed by atoms with Crippen LogP contribution in [0.4, 0.5) is 5.69 Å². The van der Waals surface area contributed by atoms with Gasteiger partial charge >= 0.3 is 5.97 Å². The Morgan fingerprint density at radius 2 is 1.90 bits per heavy atom. The van der Waals surface area contributed by atoms with Crippen LogP contribution in [-0.2, 0) is 11.3 Å². The lowest BCUT2D eigenvalue weighted by Gasteiger charge is -2.08. The predicted molar refractivity (Wildman–Crippen MR) is 88.4 cm³/mol. The third-order valence-corrected chi connectivity index (χ3v) is 4.16. The Balaban J connectivity index is 2.03. The Morgan fingerprint density at radius 3 is 2.52 bits per heavy atom. The third kappa shape index (κ3) is 3.98. The lowest BCUT2D eigenvalue weighted by molar-refractivity contribution is 0.0472. The number of carbonyl (C=O) groups is 1. The first-order chi connectivity index (χ1) is 10.0. The predicted octanol–water partition coefficient (Wildman–Crippen LogP) is 4.16. The molecule has 0 bridgehead atoms. The molecule has 2 N–H and O–H groups in total. The lowest BCUT2D eigenvalue weighted by Crippen LogP contribution is -2.06. The first-order valence-electron chi connectivity index (χ1n) is 6.06. The Hall–Kier alpha value is -1.53. The summed E-state index contributed by atoms with van der Waals surface area (Å²) < 4.78 is 12.0. The lowest BCUT2D eigenvalue weighted by atomic mass is 10.2. The second-order valence-corrected chi connectivity index (χ2v) is 5.99. The van der Waals surface area contributed by atoms with Crippen LogP contribution in [0.15, 0.2) is 45.3 Å². The van der Waals surface area contributed by atoms with Gasteiger partial charge in [0.2, 0.25) is 0 Å². The van der Waals surface area contributed by atoms with Gasteiger partial charge in [-0.05, 0) is 67.8 Å². The van der Waals surface area contributed by atoms with Crippen LogP contribution in [0.1, 0.15) is 15.9 Å². The fraction of sp³-hybridized carbons (Fsp3) is 0.133. The largest absolute Gasteiger partial charge is 0.496 e. The Bertz CT molecular complexity index is 674. The zero-order valence-corrected chi connectivity index (χ0v) is 14.4. The highest BCUT2D eigenvalue weighted by Crippen LogP contribution is 2.26. The number of halogens is 2. The van der Waals surface area contributed by atoms with Crippen molar-refractivity contribution in [3.63, 3.8) is 0 Å². The standard InChI is InChI=1S/C15H13Br2NO3/c1-20-14-5-2-9(6-12(14)17)8-21-15(19)10-3-4-11(16)13(18)7-10/h2-7H,8,18H2,1H3. The molecule has 0 aliphatic heterocycles. The molecule has 0 radical (unpaired) electrons. The van der Waals surface area contributed by atoms with Crippen molar-refractivity contribution in [3.05, 3.63) is 56.5 Å². The molecule has 21 heavy (non-hydrogen) atoms. The van der Waals surface area contributed by atoms with Gasteiger partial charge in [-0.25, -0.2) is 4.79 Å². The highest BCUT2D eigenvalue weighted by molar-refractivity contribution is 9.11. The summed E-state index contributed by atoms with van der Waals surface area (Å²) in [6.45, 7) is 0.178. The van der Waals surface area contributed by atoms with E-state index in [1.165, 1.54) is 0 Å². The molecule has 0 spiro atoms. The van der Waals surface area contributed by atoms with Crippen LogP contribution >= 0.6 is 31.9 Å². The van der Waals surface area contributed by atoms with E-state index < -0.39 is 5.97 Å². The molecule has 0 atom stereocenters. The summed E-state index contributed by atoms with van der Waals surface area (Å²) in [4.78, 5) is 12.0. The highest BCUT2D eigenvalue weighted by Gasteiger charge is 2.10. The smallest absolute Gasteiger partial charge is 0.338 e. The molecule has 0 unspecified atom stereocenters.